The van der Waals surface area contributed by atoms with Crippen molar-refractivity contribution in [3.8, 4) is 0 Å². The van der Waals surface area contributed by atoms with E-state index >= 15 is 0 Å². The van der Waals surface area contributed by atoms with Crippen LogP contribution in [0.2, 0.25) is 0 Å². The number of amides is 1. The third-order valence-electron chi connectivity index (χ3n) is 4.92. The fraction of sp³-hybridized carbons (Fsp3) is 0.562. The molecule has 0 N–H and O–H groups in total. The van der Waals surface area contributed by atoms with E-state index in [0.29, 0.717) is 30.6 Å². The van der Waals surface area contributed by atoms with Gasteiger partial charge in [0.15, 0.2) is 9.84 Å². The molecule has 1 atom stereocenters. The highest BCUT2D eigenvalue weighted by atomic mass is 32.2. The molecule has 6 heteroatoms. The maximum absolute atomic E-state index is 13.7. The van der Waals surface area contributed by atoms with Crippen LogP contribution in [-0.2, 0) is 9.84 Å². The predicted molar refractivity (Wildman–Crippen MR) is 82.0 cm³/mol. The highest BCUT2D eigenvalue weighted by Gasteiger charge is 2.45. The Morgan fingerprint density at radius 2 is 2.09 bits per heavy atom. The fourth-order valence-electron chi connectivity index (χ4n) is 3.70. The number of benzene rings is 1. The number of sulfone groups is 1. The number of carbonyl (C=O) groups excluding carboxylic acids is 1. The maximum atomic E-state index is 13.7. The molecule has 2 aliphatic rings. The van der Waals surface area contributed by atoms with Crippen LogP contribution < -0.4 is 0 Å². The average molecular weight is 325 g/mol. The highest BCUT2D eigenvalue weighted by molar-refractivity contribution is 7.91. The zero-order valence-electron chi connectivity index (χ0n) is 12.6. The number of piperidine rings is 1. The molecule has 0 saturated carbocycles. The molecule has 1 aromatic carbocycles. The number of likely N-dealkylation sites (tertiary alicyclic amines) is 1. The minimum atomic E-state index is -2.98. The van der Waals surface area contributed by atoms with Gasteiger partial charge in [-0.25, -0.2) is 12.8 Å². The first-order valence-corrected chi connectivity index (χ1v) is 9.39. The zero-order chi connectivity index (χ0) is 16.0. The number of halogens is 1. The topological polar surface area (TPSA) is 54.5 Å². The highest BCUT2D eigenvalue weighted by Crippen LogP contribution is 2.40. The molecule has 2 fully saturated rings. The Kier molecular flexibility index (Phi) is 3.75. The van der Waals surface area contributed by atoms with Crippen LogP contribution in [0.1, 0.15) is 35.2 Å². The summed E-state index contributed by atoms with van der Waals surface area (Å²) in [5.41, 5.74) is 0.428. The average Bonchev–Trinajstić information content (AvgIpc) is 2.76. The minimum absolute atomic E-state index is 0.173. The van der Waals surface area contributed by atoms with Gasteiger partial charge in [-0.1, -0.05) is 6.07 Å². The molecule has 2 heterocycles. The van der Waals surface area contributed by atoms with Crippen LogP contribution in [-0.4, -0.2) is 43.8 Å². The van der Waals surface area contributed by atoms with E-state index in [1.807, 2.05) is 0 Å². The second-order valence-electron chi connectivity index (χ2n) is 6.58. The van der Waals surface area contributed by atoms with Crippen molar-refractivity contribution >= 4 is 15.7 Å². The molecule has 1 aromatic rings. The summed E-state index contributed by atoms with van der Waals surface area (Å²) >= 11 is 0. The van der Waals surface area contributed by atoms with Gasteiger partial charge in [0, 0.05) is 24.1 Å². The van der Waals surface area contributed by atoms with Crippen LogP contribution in [0.15, 0.2) is 18.2 Å². The Balaban J connectivity index is 1.83. The van der Waals surface area contributed by atoms with E-state index in [1.54, 1.807) is 17.9 Å². The van der Waals surface area contributed by atoms with Gasteiger partial charge in [-0.2, -0.15) is 0 Å². The quantitative estimate of drug-likeness (QED) is 0.795. The fourth-order valence-corrected chi connectivity index (χ4v) is 5.90. The molecule has 2 aliphatic heterocycles. The molecular formula is C16H20FNO3S. The van der Waals surface area contributed by atoms with Crippen molar-refractivity contribution in [2.24, 2.45) is 5.41 Å². The Morgan fingerprint density at radius 3 is 2.77 bits per heavy atom. The van der Waals surface area contributed by atoms with Crippen molar-refractivity contribution in [1.29, 1.82) is 0 Å². The second kappa shape index (κ2) is 5.33. The van der Waals surface area contributed by atoms with Gasteiger partial charge in [0.25, 0.3) is 5.91 Å². The zero-order valence-corrected chi connectivity index (χ0v) is 13.5. The van der Waals surface area contributed by atoms with E-state index < -0.39 is 9.84 Å². The SMILES string of the molecule is Cc1c(F)cccc1C(=O)N1CCCC2(CCS(=O)(=O)C2)C1. The predicted octanol–water partition coefficient (Wildman–Crippen LogP) is 2.18. The Hall–Kier alpha value is -1.43. The van der Waals surface area contributed by atoms with Crippen molar-refractivity contribution in [3.63, 3.8) is 0 Å². The molecule has 4 nitrogen and oxygen atoms in total. The van der Waals surface area contributed by atoms with E-state index in [0.717, 1.165) is 12.8 Å². The molecule has 3 rings (SSSR count). The molecule has 0 bridgehead atoms. The van der Waals surface area contributed by atoms with E-state index in [-0.39, 0.29) is 28.6 Å². The minimum Gasteiger partial charge on any atom is -0.338 e. The van der Waals surface area contributed by atoms with Crippen LogP contribution in [0.25, 0.3) is 0 Å². The Bertz CT molecular complexity index is 716. The molecule has 22 heavy (non-hydrogen) atoms. The van der Waals surface area contributed by atoms with Gasteiger partial charge in [0.2, 0.25) is 0 Å². The monoisotopic (exact) mass is 325 g/mol. The summed E-state index contributed by atoms with van der Waals surface area (Å²) in [6.45, 7) is 2.67. The molecular weight excluding hydrogens is 305 g/mol. The summed E-state index contributed by atoms with van der Waals surface area (Å²) in [7, 11) is -2.98. The van der Waals surface area contributed by atoms with Gasteiger partial charge < -0.3 is 4.90 Å². The Morgan fingerprint density at radius 1 is 1.32 bits per heavy atom. The number of nitrogens with zero attached hydrogens (tertiary/aromatic N) is 1. The van der Waals surface area contributed by atoms with Gasteiger partial charge in [0.1, 0.15) is 5.82 Å². The normalized spacial score (nSPS) is 27.3. The van der Waals surface area contributed by atoms with Crippen LogP contribution in [0.3, 0.4) is 0 Å². The third kappa shape index (κ3) is 2.76. The summed E-state index contributed by atoms with van der Waals surface area (Å²) < 4.78 is 37.2. The number of rotatable bonds is 1. The smallest absolute Gasteiger partial charge is 0.254 e. The van der Waals surface area contributed by atoms with Gasteiger partial charge in [-0.15, -0.1) is 0 Å². The second-order valence-corrected chi connectivity index (χ2v) is 8.77. The summed E-state index contributed by atoms with van der Waals surface area (Å²) in [6, 6.07) is 4.51. The molecule has 1 amide bonds. The molecule has 0 radical (unpaired) electrons. The maximum Gasteiger partial charge on any atom is 0.254 e. The van der Waals surface area contributed by atoms with Gasteiger partial charge in [-0.3, -0.25) is 4.79 Å². The summed E-state index contributed by atoms with van der Waals surface area (Å²) in [4.78, 5) is 14.4. The lowest BCUT2D eigenvalue weighted by Gasteiger charge is -2.39. The number of hydrogen-bond acceptors (Lipinski definition) is 3. The van der Waals surface area contributed by atoms with Gasteiger partial charge >= 0.3 is 0 Å². The van der Waals surface area contributed by atoms with Crippen molar-refractivity contribution in [1.82, 2.24) is 4.90 Å². The molecule has 0 aromatic heterocycles. The molecule has 1 unspecified atom stereocenters. The van der Waals surface area contributed by atoms with Crippen molar-refractivity contribution in [2.45, 2.75) is 26.2 Å². The van der Waals surface area contributed by atoms with E-state index in [1.165, 1.54) is 12.1 Å². The van der Waals surface area contributed by atoms with Gasteiger partial charge in [-0.05, 0) is 43.9 Å². The first kappa shape index (κ1) is 15.5. The van der Waals surface area contributed by atoms with Crippen molar-refractivity contribution in [2.75, 3.05) is 24.6 Å². The standard InChI is InChI=1S/C16H20FNO3S/c1-12-13(4-2-5-14(12)17)15(19)18-8-3-6-16(10-18)7-9-22(20,21)11-16/h2,4-5H,3,6-11H2,1H3. The van der Waals surface area contributed by atoms with E-state index in [4.69, 9.17) is 0 Å². The van der Waals surface area contributed by atoms with Crippen LogP contribution in [0, 0.1) is 18.2 Å². The first-order valence-electron chi connectivity index (χ1n) is 7.57. The van der Waals surface area contributed by atoms with E-state index in [2.05, 4.69) is 0 Å². The number of carbonyl (C=O) groups is 1. The molecule has 120 valence electrons. The summed E-state index contributed by atoms with van der Waals surface area (Å²) in [5.74, 6) is -0.193. The van der Waals surface area contributed by atoms with Crippen LogP contribution in [0.4, 0.5) is 4.39 Å². The lowest BCUT2D eigenvalue weighted by Crippen LogP contribution is -2.47. The number of hydrogen-bond donors (Lipinski definition) is 0. The molecule has 1 spiro atoms. The lowest BCUT2D eigenvalue weighted by molar-refractivity contribution is 0.0563. The third-order valence-corrected chi connectivity index (χ3v) is 6.79. The largest absolute Gasteiger partial charge is 0.338 e. The molecule has 2 saturated heterocycles. The lowest BCUT2D eigenvalue weighted by atomic mass is 9.79. The summed E-state index contributed by atoms with van der Waals surface area (Å²) in [5, 5.41) is 0. The molecule has 0 aliphatic carbocycles. The summed E-state index contributed by atoms with van der Waals surface area (Å²) in [6.07, 6.45) is 2.27. The van der Waals surface area contributed by atoms with Gasteiger partial charge in [0.05, 0.1) is 11.5 Å². The van der Waals surface area contributed by atoms with Crippen LogP contribution in [0.5, 0.6) is 0 Å². The first-order chi connectivity index (χ1) is 10.3. The Labute approximate surface area is 130 Å². The van der Waals surface area contributed by atoms with Crippen LogP contribution >= 0.6 is 0 Å². The van der Waals surface area contributed by atoms with E-state index in [9.17, 15) is 17.6 Å². The van der Waals surface area contributed by atoms with Crippen molar-refractivity contribution in [3.05, 3.63) is 35.1 Å². The van der Waals surface area contributed by atoms with Crippen molar-refractivity contribution < 1.29 is 17.6 Å².